The van der Waals surface area contributed by atoms with Gasteiger partial charge in [0.15, 0.2) is 29.0 Å². The molecule has 6 aromatic carbocycles. The van der Waals surface area contributed by atoms with Gasteiger partial charge in [-0.1, -0.05) is 72.8 Å². The highest BCUT2D eigenvalue weighted by Gasteiger charge is 2.27. The average molecular weight is 697 g/mol. The zero-order chi connectivity index (χ0) is 37.0. The minimum atomic E-state index is -1.78. The van der Waals surface area contributed by atoms with Crippen LogP contribution in [0.25, 0.3) is 82.5 Å². The lowest BCUT2D eigenvalue weighted by molar-refractivity contribution is 0.454. The first kappa shape index (κ1) is 32.7. The van der Waals surface area contributed by atoms with E-state index in [2.05, 4.69) is 10.9 Å². The molecule has 53 heavy (non-hydrogen) atoms. The molecule has 250 valence electrons. The third kappa shape index (κ3) is 5.28. The summed E-state index contributed by atoms with van der Waals surface area (Å²) in [6, 6.07) is 32.6. The number of nitrogens with zero attached hydrogens (tertiary/aromatic N) is 6. The molecule has 0 aliphatic rings. The third-order valence-corrected chi connectivity index (χ3v) is 9.16. The minimum absolute atomic E-state index is 0.155. The van der Waals surface area contributed by atoms with Gasteiger partial charge in [-0.05, 0) is 53.9 Å². The second-order valence-electron chi connectivity index (χ2n) is 12.3. The highest BCUT2D eigenvalue weighted by molar-refractivity contribution is 6.22. The molecule has 0 aliphatic carbocycles. The summed E-state index contributed by atoms with van der Waals surface area (Å²) in [6.07, 6.45) is 0. The summed E-state index contributed by atoms with van der Waals surface area (Å²) in [7, 11) is 0. The van der Waals surface area contributed by atoms with E-state index >= 15 is 8.78 Å². The Morgan fingerprint density at radius 3 is 1.87 bits per heavy atom. The molecule has 2 heterocycles. The molecule has 0 amide bonds. The number of halogens is 4. The lowest BCUT2D eigenvalue weighted by Gasteiger charge is -2.17. The molecule has 0 aliphatic heterocycles. The summed E-state index contributed by atoms with van der Waals surface area (Å²) < 4.78 is 59.9. The van der Waals surface area contributed by atoms with Gasteiger partial charge in [0.2, 0.25) is 0 Å². The molecule has 8 rings (SSSR count). The van der Waals surface area contributed by atoms with Crippen molar-refractivity contribution in [1.82, 2.24) is 15.0 Å². The molecule has 0 N–H and O–H groups in total. The quantitative estimate of drug-likeness (QED) is 0.0790. The average Bonchev–Trinajstić information content (AvgIpc) is 3.19. The highest BCUT2D eigenvalue weighted by Crippen LogP contribution is 2.42. The van der Waals surface area contributed by atoms with Crippen LogP contribution in [0.4, 0.5) is 23.2 Å². The van der Waals surface area contributed by atoms with E-state index in [0.717, 1.165) is 16.5 Å². The number of pyridine rings is 1. The summed E-state index contributed by atoms with van der Waals surface area (Å²) in [5, 5.41) is 20.7. The number of aromatic nitrogens is 3. The summed E-state index contributed by atoms with van der Waals surface area (Å²) in [6.45, 7) is 9.27. The number of nitriles is 2. The number of aryl methyl sites for hydroxylation is 1. The molecule has 0 bridgehead atoms. The molecule has 6 nitrogen and oxygen atoms in total. The topological polar surface area (TPSA) is 90.6 Å². The first-order valence-electron chi connectivity index (χ1n) is 16.1. The third-order valence-electron chi connectivity index (χ3n) is 9.16. The van der Waals surface area contributed by atoms with Crippen molar-refractivity contribution in [3.8, 4) is 57.0 Å². The van der Waals surface area contributed by atoms with E-state index in [-0.39, 0.29) is 5.56 Å². The molecular weight excluding hydrogens is 677 g/mol. The number of fused-ring (bicyclic) bond motifs is 5. The molecule has 10 heteroatoms. The van der Waals surface area contributed by atoms with Crippen LogP contribution in [0.3, 0.4) is 0 Å². The van der Waals surface area contributed by atoms with E-state index in [0.29, 0.717) is 66.8 Å². The number of benzene rings is 6. The van der Waals surface area contributed by atoms with Gasteiger partial charge in [-0.25, -0.2) is 37.4 Å². The van der Waals surface area contributed by atoms with Crippen molar-refractivity contribution >= 4 is 38.4 Å². The van der Waals surface area contributed by atoms with Gasteiger partial charge in [-0.15, -0.1) is 0 Å². The van der Waals surface area contributed by atoms with Crippen LogP contribution in [0, 0.1) is 59.4 Å². The van der Waals surface area contributed by atoms with E-state index < -0.39 is 34.4 Å². The summed E-state index contributed by atoms with van der Waals surface area (Å²) >= 11 is 0. The van der Waals surface area contributed by atoms with Crippen molar-refractivity contribution in [1.29, 1.82) is 10.5 Å². The van der Waals surface area contributed by atoms with Crippen LogP contribution >= 0.6 is 0 Å². The predicted molar refractivity (Wildman–Crippen MR) is 194 cm³/mol. The van der Waals surface area contributed by atoms with Gasteiger partial charge in [-0.2, -0.15) is 10.5 Å². The van der Waals surface area contributed by atoms with Crippen molar-refractivity contribution in [2.24, 2.45) is 0 Å². The van der Waals surface area contributed by atoms with E-state index in [9.17, 15) is 14.0 Å². The van der Waals surface area contributed by atoms with Gasteiger partial charge in [0, 0.05) is 27.3 Å². The lowest BCUT2D eigenvalue weighted by atomic mass is 9.93. The van der Waals surface area contributed by atoms with E-state index in [1.54, 1.807) is 42.5 Å². The number of hydrogen-bond donors (Lipinski definition) is 0. The molecule has 0 saturated carbocycles. The highest BCUT2D eigenvalue weighted by atomic mass is 19.2. The first-order valence-corrected chi connectivity index (χ1v) is 16.1. The molecule has 8 aromatic rings. The molecule has 0 unspecified atom stereocenters. The zero-order valence-electron chi connectivity index (χ0n) is 27.5. The van der Waals surface area contributed by atoms with Crippen molar-refractivity contribution in [2.45, 2.75) is 6.92 Å². The van der Waals surface area contributed by atoms with Crippen molar-refractivity contribution in [3.63, 3.8) is 0 Å². The van der Waals surface area contributed by atoms with Crippen molar-refractivity contribution in [3.05, 3.63) is 155 Å². The second kappa shape index (κ2) is 12.7. The van der Waals surface area contributed by atoms with Crippen LogP contribution in [0.15, 0.2) is 103 Å². The van der Waals surface area contributed by atoms with Gasteiger partial charge in [0.1, 0.15) is 11.6 Å². The van der Waals surface area contributed by atoms with Crippen LogP contribution in [0.5, 0.6) is 0 Å². The van der Waals surface area contributed by atoms with Gasteiger partial charge in [0.05, 0.1) is 57.4 Å². The molecule has 0 spiro atoms. The van der Waals surface area contributed by atoms with Crippen LogP contribution < -0.4 is 0 Å². The standard InChI is InChI=1S/C43H20F4N6/c1-22-18-32-43(53-42(24-12-10-23(20-48)11-13-24)41(52-32)25-14-16-28(50-2)17-15-25)35-29-8-3-4-9-31(29)51-40(33(22)35)27-7-5-6-26(19-27)34-38(46)36(44)30(21-49)37(45)39(34)47/h3-19H,1H3. The summed E-state index contributed by atoms with van der Waals surface area (Å²) in [5.74, 6) is -6.91. The normalized spacial score (nSPS) is 11.1. The Kier molecular flexibility index (Phi) is 7.83. The maximum Gasteiger partial charge on any atom is 0.187 e. The smallest absolute Gasteiger partial charge is 0.187 e. The lowest BCUT2D eigenvalue weighted by Crippen LogP contribution is -2.04. The maximum absolute atomic E-state index is 15.2. The Hall–Kier alpha value is -7.48. The predicted octanol–water partition coefficient (Wildman–Crippen LogP) is 11.2. The Balaban J connectivity index is 1.45. The fraction of sp³-hybridized carbons (Fsp3) is 0.0233. The van der Waals surface area contributed by atoms with Crippen LogP contribution in [-0.4, -0.2) is 15.0 Å². The van der Waals surface area contributed by atoms with Gasteiger partial charge in [-0.3, -0.25) is 0 Å². The maximum atomic E-state index is 15.2. The summed E-state index contributed by atoms with van der Waals surface area (Å²) in [4.78, 5) is 18.9. The zero-order valence-corrected chi connectivity index (χ0v) is 27.5. The minimum Gasteiger partial charge on any atom is -0.247 e. The monoisotopic (exact) mass is 696 g/mol. The van der Waals surface area contributed by atoms with Crippen molar-refractivity contribution in [2.75, 3.05) is 0 Å². The van der Waals surface area contributed by atoms with Gasteiger partial charge >= 0.3 is 0 Å². The number of hydrogen-bond acceptors (Lipinski definition) is 5. The summed E-state index contributed by atoms with van der Waals surface area (Å²) in [5.41, 5.74) is 4.32. The molecular formula is C43H20F4N6. The van der Waals surface area contributed by atoms with Gasteiger partial charge in [0.25, 0.3) is 0 Å². The molecule has 0 atom stereocenters. The largest absolute Gasteiger partial charge is 0.247 e. The molecule has 2 aromatic heterocycles. The molecule has 0 fully saturated rings. The Morgan fingerprint density at radius 1 is 0.585 bits per heavy atom. The second-order valence-corrected chi connectivity index (χ2v) is 12.3. The Labute approximate surface area is 299 Å². The Bertz CT molecular complexity index is 2950. The van der Waals surface area contributed by atoms with E-state index in [1.165, 1.54) is 24.3 Å². The Morgan fingerprint density at radius 2 is 1.21 bits per heavy atom. The van der Waals surface area contributed by atoms with E-state index in [4.69, 9.17) is 26.8 Å². The fourth-order valence-corrected chi connectivity index (χ4v) is 6.67. The van der Waals surface area contributed by atoms with Crippen LogP contribution in [-0.2, 0) is 0 Å². The van der Waals surface area contributed by atoms with Gasteiger partial charge < -0.3 is 0 Å². The first-order chi connectivity index (χ1) is 25.7. The molecule has 0 saturated heterocycles. The van der Waals surface area contributed by atoms with Crippen LogP contribution in [0.1, 0.15) is 16.7 Å². The SMILES string of the molecule is [C-]#[N+]c1ccc(-c2nc3cc(C)c4c(-c5cccc(-c6c(F)c(F)c(C#N)c(F)c6F)c5)nc5ccccc5c4c3nc2-c2ccc(C#N)cc2)cc1. The molecule has 0 radical (unpaired) electrons. The van der Waals surface area contributed by atoms with E-state index in [1.807, 2.05) is 49.4 Å². The fourth-order valence-electron chi connectivity index (χ4n) is 6.67. The number of para-hydroxylation sites is 1. The number of rotatable bonds is 4. The van der Waals surface area contributed by atoms with Crippen molar-refractivity contribution < 1.29 is 17.6 Å². The van der Waals surface area contributed by atoms with Crippen LogP contribution in [0.2, 0.25) is 0 Å².